The highest BCUT2D eigenvalue weighted by Gasteiger charge is 2.26. The lowest BCUT2D eigenvalue weighted by Crippen LogP contribution is -2.33. The number of benzene rings is 2. The van der Waals surface area contributed by atoms with E-state index in [4.69, 9.17) is 9.72 Å². The number of aromatic nitrogens is 2. The quantitative estimate of drug-likeness (QED) is 0.256. The standard InChI is InChI=1S/C30H35N3O2/c1-4-17-32(18-5-2)29(34)20-26(25-15-10-9-12-23(25)3)27-21-31-30-28(16-11-19-33(27)30)35-22-24-13-7-6-8-14-24/h6-16,19,21,26H,4-5,17-18,20,22H2,1-3H3. The topological polar surface area (TPSA) is 46.8 Å². The molecule has 4 aromatic rings. The Morgan fingerprint density at radius 3 is 2.40 bits per heavy atom. The molecule has 2 heterocycles. The third-order valence-electron chi connectivity index (χ3n) is 6.41. The van der Waals surface area contributed by atoms with Gasteiger partial charge in [0.05, 0.1) is 5.69 Å². The molecule has 0 radical (unpaired) electrons. The molecule has 5 nitrogen and oxygen atoms in total. The molecule has 0 aliphatic rings. The normalized spacial score (nSPS) is 12.0. The van der Waals surface area contributed by atoms with Gasteiger partial charge in [-0.1, -0.05) is 68.4 Å². The van der Waals surface area contributed by atoms with Crippen LogP contribution in [-0.2, 0) is 11.4 Å². The molecule has 0 saturated carbocycles. The van der Waals surface area contributed by atoms with Crippen molar-refractivity contribution in [1.82, 2.24) is 14.3 Å². The number of aryl methyl sites for hydroxylation is 1. The Bertz CT molecular complexity index is 1240. The third kappa shape index (κ3) is 5.73. The van der Waals surface area contributed by atoms with Crippen LogP contribution in [0.15, 0.2) is 79.1 Å². The second-order valence-electron chi connectivity index (χ2n) is 9.02. The molecule has 2 aromatic heterocycles. The monoisotopic (exact) mass is 469 g/mol. The number of carbonyl (C=O) groups is 1. The number of amides is 1. The molecule has 0 N–H and O–H groups in total. The molecule has 5 heteroatoms. The summed E-state index contributed by atoms with van der Waals surface area (Å²) in [5, 5.41) is 0. The summed E-state index contributed by atoms with van der Waals surface area (Å²) in [5.41, 5.74) is 5.21. The van der Waals surface area contributed by atoms with Gasteiger partial charge < -0.3 is 14.0 Å². The number of pyridine rings is 1. The van der Waals surface area contributed by atoms with Gasteiger partial charge in [-0.3, -0.25) is 4.79 Å². The van der Waals surface area contributed by atoms with Crippen molar-refractivity contribution in [2.24, 2.45) is 0 Å². The average Bonchev–Trinajstić information content (AvgIpc) is 3.31. The molecule has 0 bridgehead atoms. The zero-order valence-electron chi connectivity index (χ0n) is 21.0. The van der Waals surface area contributed by atoms with Crippen molar-refractivity contribution in [1.29, 1.82) is 0 Å². The minimum absolute atomic E-state index is 0.0979. The van der Waals surface area contributed by atoms with Gasteiger partial charge in [-0.05, 0) is 48.6 Å². The Labute approximate surface area is 208 Å². The summed E-state index contributed by atoms with van der Waals surface area (Å²) >= 11 is 0. The maximum atomic E-state index is 13.4. The van der Waals surface area contributed by atoms with Crippen molar-refractivity contribution in [3.05, 3.63) is 102 Å². The van der Waals surface area contributed by atoms with Gasteiger partial charge >= 0.3 is 0 Å². The number of nitrogens with zero attached hydrogens (tertiary/aromatic N) is 3. The fourth-order valence-electron chi connectivity index (χ4n) is 4.67. The fourth-order valence-corrected chi connectivity index (χ4v) is 4.67. The van der Waals surface area contributed by atoms with Crippen LogP contribution in [0, 0.1) is 6.92 Å². The van der Waals surface area contributed by atoms with E-state index < -0.39 is 0 Å². The van der Waals surface area contributed by atoms with Crippen LogP contribution < -0.4 is 4.74 Å². The largest absolute Gasteiger partial charge is 0.485 e. The van der Waals surface area contributed by atoms with Crippen molar-refractivity contribution in [2.45, 2.75) is 52.6 Å². The number of hydrogen-bond acceptors (Lipinski definition) is 3. The number of carbonyl (C=O) groups excluding carboxylic acids is 1. The minimum atomic E-state index is -0.0979. The Kier molecular flexibility index (Phi) is 8.19. The molecule has 0 fully saturated rings. The highest BCUT2D eigenvalue weighted by atomic mass is 16.5. The molecule has 1 atom stereocenters. The summed E-state index contributed by atoms with van der Waals surface area (Å²) in [4.78, 5) is 20.2. The molecule has 182 valence electrons. The highest BCUT2D eigenvalue weighted by molar-refractivity contribution is 5.78. The van der Waals surface area contributed by atoms with Crippen LogP contribution in [0.3, 0.4) is 0 Å². The summed E-state index contributed by atoms with van der Waals surface area (Å²) in [6.07, 6.45) is 6.24. The lowest BCUT2D eigenvalue weighted by Gasteiger charge is -2.25. The fraction of sp³-hybridized carbons (Fsp3) is 0.333. The molecule has 0 saturated heterocycles. The predicted molar refractivity (Wildman–Crippen MR) is 141 cm³/mol. The van der Waals surface area contributed by atoms with Gasteiger partial charge in [0.1, 0.15) is 6.61 Å². The van der Waals surface area contributed by atoms with Gasteiger partial charge in [-0.25, -0.2) is 4.98 Å². The smallest absolute Gasteiger partial charge is 0.223 e. The van der Waals surface area contributed by atoms with Crippen LogP contribution in [0.25, 0.3) is 5.65 Å². The average molecular weight is 470 g/mol. The van der Waals surface area contributed by atoms with Crippen molar-refractivity contribution < 1.29 is 9.53 Å². The number of rotatable bonds is 11. The van der Waals surface area contributed by atoms with Crippen molar-refractivity contribution in [3.8, 4) is 5.75 Å². The maximum Gasteiger partial charge on any atom is 0.223 e. The zero-order chi connectivity index (χ0) is 24.6. The molecular formula is C30H35N3O2. The molecule has 4 rings (SSSR count). The van der Waals surface area contributed by atoms with E-state index in [0.29, 0.717) is 13.0 Å². The maximum absolute atomic E-state index is 13.4. The molecule has 1 amide bonds. The minimum Gasteiger partial charge on any atom is -0.485 e. The Balaban J connectivity index is 1.69. The van der Waals surface area contributed by atoms with Crippen molar-refractivity contribution >= 4 is 11.6 Å². The summed E-state index contributed by atoms with van der Waals surface area (Å²) < 4.78 is 8.23. The summed E-state index contributed by atoms with van der Waals surface area (Å²) in [5.74, 6) is 0.823. The van der Waals surface area contributed by atoms with Gasteiger partial charge in [0.25, 0.3) is 0 Å². The van der Waals surface area contributed by atoms with Gasteiger partial charge in [0.2, 0.25) is 5.91 Å². The van der Waals surface area contributed by atoms with E-state index in [1.54, 1.807) is 0 Å². The molecule has 35 heavy (non-hydrogen) atoms. The van der Waals surface area contributed by atoms with Crippen LogP contribution >= 0.6 is 0 Å². The van der Waals surface area contributed by atoms with Crippen LogP contribution in [0.2, 0.25) is 0 Å². The van der Waals surface area contributed by atoms with E-state index in [2.05, 4.69) is 49.4 Å². The Morgan fingerprint density at radius 2 is 1.69 bits per heavy atom. The molecule has 0 spiro atoms. The zero-order valence-corrected chi connectivity index (χ0v) is 21.0. The first-order valence-electron chi connectivity index (χ1n) is 12.6. The highest BCUT2D eigenvalue weighted by Crippen LogP contribution is 2.33. The van der Waals surface area contributed by atoms with E-state index >= 15 is 0 Å². The summed E-state index contributed by atoms with van der Waals surface area (Å²) in [7, 11) is 0. The summed E-state index contributed by atoms with van der Waals surface area (Å²) in [6.45, 7) is 8.41. The van der Waals surface area contributed by atoms with Crippen molar-refractivity contribution in [2.75, 3.05) is 13.1 Å². The van der Waals surface area contributed by atoms with Crippen LogP contribution in [0.4, 0.5) is 0 Å². The predicted octanol–water partition coefficient (Wildman–Crippen LogP) is 6.39. The molecule has 2 aromatic carbocycles. The molecule has 0 aliphatic carbocycles. The number of hydrogen-bond donors (Lipinski definition) is 0. The van der Waals surface area contributed by atoms with E-state index in [-0.39, 0.29) is 11.8 Å². The number of imidazole rings is 1. The Morgan fingerprint density at radius 1 is 0.971 bits per heavy atom. The summed E-state index contributed by atoms with van der Waals surface area (Å²) in [6, 6.07) is 22.4. The third-order valence-corrected chi connectivity index (χ3v) is 6.41. The molecule has 1 unspecified atom stereocenters. The Hall–Kier alpha value is -3.60. The van der Waals surface area contributed by atoms with Crippen LogP contribution in [0.5, 0.6) is 5.75 Å². The lowest BCUT2D eigenvalue weighted by molar-refractivity contribution is -0.131. The van der Waals surface area contributed by atoms with Crippen LogP contribution in [0.1, 0.15) is 61.4 Å². The van der Waals surface area contributed by atoms with E-state index in [0.717, 1.165) is 54.1 Å². The van der Waals surface area contributed by atoms with E-state index in [9.17, 15) is 4.79 Å². The van der Waals surface area contributed by atoms with Gasteiger partial charge in [-0.2, -0.15) is 0 Å². The van der Waals surface area contributed by atoms with E-state index in [1.807, 2.05) is 59.8 Å². The number of fused-ring (bicyclic) bond motifs is 1. The van der Waals surface area contributed by atoms with Crippen LogP contribution in [-0.4, -0.2) is 33.3 Å². The first kappa shape index (κ1) is 24.5. The number of ether oxygens (including phenoxy) is 1. The van der Waals surface area contributed by atoms with Gasteiger partial charge in [0, 0.05) is 37.8 Å². The molecule has 0 aliphatic heterocycles. The van der Waals surface area contributed by atoms with Gasteiger partial charge in [-0.15, -0.1) is 0 Å². The second-order valence-corrected chi connectivity index (χ2v) is 9.02. The second kappa shape index (κ2) is 11.7. The molecular weight excluding hydrogens is 434 g/mol. The first-order chi connectivity index (χ1) is 17.1. The SMILES string of the molecule is CCCN(CCC)C(=O)CC(c1ccccc1C)c1cnc2c(OCc3ccccc3)cccn12. The lowest BCUT2D eigenvalue weighted by atomic mass is 9.89. The van der Waals surface area contributed by atoms with Crippen molar-refractivity contribution in [3.63, 3.8) is 0 Å². The first-order valence-corrected chi connectivity index (χ1v) is 12.6. The van der Waals surface area contributed by atoms with E-state index in [1.165, 1.54) is 5.56 Å². The van der Waals surface area contributed by atoms with Gasteiger partial charge in [0.15, 0.2) is 11.4 Å².